The number of hydrogen-bond acceptors (Lipinski definition) is 3. The number of rotatable bonds is 3. The summed E-state index contributed by atoms with van der Waals surface area (Å²) in [7, 11) is 1.64. The van der Waals surface area contributed by atoms with Crippen LogP contribution in [0.3, 0.4) is 0 Å². The van der Waals surface area contributed by atoms with E-state index in [0.29, 0.717) is 18.7 Å². The maximum atomic E-state index is 13.6. The molecule has 1 aromatic carbocycles. The standard InChI is InChI=1S/C16H16FNO2/c1-19-13-5-4-12-7-11(10-20-16(12)9-13)8-15-14(17)3-2-6-18-15/h2-6,9,11H,7-8,10H2,1H3. The van der Waals surface area contributed by atoms with Gasteiger partial charge in [0.15, 0.2) is 0 Å². The normalized spacial score (nSPS) is 17.2. The van der Waals surface area contributed by atoms with Crippen molar-refractivity contribution in [1.29, 1.82) is 0 Å². The molecular formula is C16H16FNO2. The van der Waals surface area contributed by atoms with E-state index in [1.54, 1.807) is 19.4 Å². The highest BCUT2D eigenvalue weighted by molar-refractivity contribution is 5.42. The number of methoxy groups -OCH3 is 1. The second-order valence-electron chi connectivity index (χ2n) is 4.99. The lowest BCUT2D eigenvalue weighted by Crippen LogP contribution is -2.23. The minimum atomic E-state index is -0.243. The van der Waals surface area contributed by atoms with Gasteiger partial charge in [-0.15, -0.1) is 0 Å². The number of halogens is 1. The zero-order chi connectivity index (χ0) is 13.9. The molecule has 0 amide bonds. The van der Waals surface area contributed by atoms with Crippen LogP contribution in [0.1, 0.15) is 11.3 Å². The first-order valence-electron chi connectivity index (χ1n) is 6.65. The van der Waals surface area contributed by atoms with Gasteiger partial charge in [0.05, 0.1) is 19.4 Å². The van der Waals surface area contributed by atoms with Crippen molar-refractivity contribution in [1.82, 2.24) is 4.98 Å². The smallest absolute Gasteiger partial charge is 0.144 e. The van der Waals surface area contributed by atoms with Crippen molar-refractivity contribution in [2.75, 3.05) is 13.7 Å². The molecule has 0 N–H and O–H groups in total. The van der Waals surface area contributed by atoms with Crippen molar-refractivity contribution in [2.24, 2.45) is 5.92 Å². The molecule has 0 saturated carbocycles. The van der Waals surface area contributed by atoms with Crippen molar-refractivity contribution in [2.45, 2.75) is 12.8 Å². The van der Waals surface area contributed by atoms with Crippen LogP contribution < -0.4 is 9.47 Å². The van der Waals surface area contributed by atoms with Crippen LogP contribution in [0.25, 0.3) is 0 Å². The molecule has 2 heterocycles. The summed E-state index contributed by atoms with van der Waals surface area (Å²) in [6.07, 6.45) is 3.09. The zero-order valence-corrected chi connectivity index (χ0v) is 11.3. The number of pyridine rings is 1. The molecular weight excluding hydrogens is 257 g/mol. The Hall–Kier alpha value is -2.10. The number of hydrogen-bond donors (Lipinski definition) is 0. The largest absolute Gasteiger partial charge is 0.497 e. The van der Waals surface area contributed by atoms with E-state index in [2.05, 4.69) is 4.98 Å². The van der Waals surface area contributed by atoms with Crippen LogP contribution >= 0.6 is 0 Å². The van der Waals surface area contributed by atoms with Gasteiger partial charge in [-0.2, -0.15) is 0 Å². The van der Waals surface area contributed by atoms with Gasteiger partial charge in [0.1, 0.15) is 17.3 Å². The topological polar surface area (TPSA) is 31.4 Å². The van der Waals surface area contributed by atoms with Crippen LogP contribution in [0.4, 0.5) is 4.39 Å². The monoisotopic (exact) mass is 273 g/mol. The SMILES string of the molecule is COc1ccc2c(c1)OCC(Cc1ncccc1F)C2. The summed E-state index contributed by atoms with van der Waals surface area (Å²) < 4.78 is 24.6. The van der Waals surface area contributed by atoms with Crippen LogP contribution in [0.2, 0.25) is 0 Å². The summed E-state index contributed by atoms with van der Waals surface area (Å²) in [5.74, 6) is 1.66. The minimum absolute atomic E-state index is 0.243. The number of benzene rings is 1. The molecule has 0 spiro atoms. The van der Waals surface area contributed by atoms with Crippen LogP contribution in [-0.4, -0.2) is 18.7 Å². The Labute approximate surface area is 117 Å². The van der Waals surface area contributed by atoms with Crippen molar-refractivity contribution in [3.05, 3.63) is 53.6 Å². The Bertz CT molecular complexity index is 615. The van der Waals surface area contributed by atoms with E-state index in [1.165, 1.54) is 6.07 Å². The Morgan fingerprint density at radius 2 is 2.30 bits per heavy atom. The fraction of sp³-hybridized carbons (Fsp3) is 0.312. The molecule has 1 unspecified atom stereocenters. The van der Waals surface area contributed by atoms with Crippen LogP contribution in [0.5, 0.6) is 11.5 Å². The van der Waals surface area contributed by atoms with Gasteiger partial charge in [0, 0.05) is 18.2 Å². The number of ether oxygens (including phenoxy) is 2. The lowest BCUT2D eigenvalue weighted by Gasteiger charge is -2.25. The maximum Gasteiger partial charge on any atom is 0.144 e. The van der Waals surface area contributed by atoms with Gasteiger partial charge in [-0.05, 0) is 36.6 Å². The minimum Gasteiger partial charge on any atom is -0.497 e. The van der Waals surface area contributed by atoms with Gasteiger partial charge < -0.3 is 9.47 Å². The van der Waals surface area contributed by atoms with Gasteiger partial charge in [-0.3, -0.25) is 4.98 Å². The van der Waals surface area contributed by atoms with E-state index in [1.807, 2.05) is 18.2 Å². The average molecular weight is 273 g/mol. The molecule has 0 fully saturated rings. The second kappa shape index (κ2) is 5.49. The van der Waals surface area contributed by atoms with Gasteiger partial charge in [0.25, 0.3) is 0 Å². The Balaban J connectivity index is 1.74. The fourth-order valence-electron chi connectivity index (χ4n) is 2.52. The number of nitrogens with zero attached hydrogens (tertiary/aromatic N) is 1. The Morgan fingerprint density at radius 3 is 3.10 bits per heavy atom. The van der Waals surface area contributed by atoms with Gasteiger partial charge >= 0.3 is 0 Å². The van der Waals surface area contributed by atoms with E-state index in [9.17, 15) is 4.39 Å². The lowest BCUT2D eigenvalue weighted by atomic mass is 9.92. The lowest BCUT2D eigenvalue weighted by molar-refractivity contribution is 0.218. The Morgan fingerprint density at radius 1 is 1.40 bits per heavy atom. The van der Waals surface area contributed by atoms with Gasteiger partial charge in [0.2, 0.25) is 0 Å². The van der Waals surface area contributed by atoms with Gasteiger partial charge in [-0.1, -0.05) is 6.07 Å². The van der Waals surface area contributed by atoms with Crippen molar-refractivity contribution in [3.63, 3.8) is 0 Å². The quantitative estimate of drug-likeness (QED) is 0.861. The summed E-state index contributed by atoms with van der Waals surface area (Å²) in [4.78, 5) is 4.11. The molecule has 20 heavy (non-hydrogen) atoms. The van der Waals surface area contributed by atoms with Crippen LogP contribution in [-0.2, 0) is 12.8 Å². The van der Waals surface area contributed by atoms with Crippen molar-refractivity contribution >= 4 is 0 Å². The zero-order valence-electron chi connectivity index (χ0n) is 11.3. The molecule has 0 bridgehead atoms. The molecule has 0 radical (unpaired) electrons. The molecule has 1 atom stereocenters. The summed E-state index contributed by atoms with van der Waals surface area (Å²) in [5, 5.41) is 0. The first kappa shape index (κ1) is 12.9. The summed E-state index contributed by atoms with van der Waals surface area (Å²) in [6, 6.07) is 8.89. The first-order valence-corrected chi connectivity index (χ1v) is 6.65. The molecule has 3 nitrogen and oxygen atoms in total. The molecule has 1 aliphatic heterocycles. The van der Waals surface area contributed by atoms with Gasteiger partial charge in [-0.25, -0.2) is 4.39 Å². The van der Waals surface area contributed by atoms with E-state index in [4.69, 9.17) is 9.47 Å². The highest BCUT2D eigenvalue weighted by Gasteiger charge is 2.22. The molecule has 4 heteroatoms. The number of aromatic nitrogens is 1. The predicted octanol–water partition coefficient (Wildman–Crippen LogP) is 3.02. The summed E-state index contributed by atoms with van der Waals surface area (Å²) in [6.45, 7) is 0.580. The fourth-order valence-corrected chi connectivity index (χ4v) is 2.52. The molecule has 2 aromatic rings. The van der Waals surface area contributed by atoms with Crippen LogP contribution in [0, 0.1) is 11.7 Å². The molecule has 1 aliphatic rings. The molecule has 0 saturated heterocycles. The number of fused-ring (bicyclic) bond motifs is 1. The Kier molecular flexibility index (Phi) is 3.54. The average Bonchev–Trinajstić information content (AvgIpc) is 2.49. The molecule has 104 valence electrons. The van der Waals surface area contributed by atoms with Crippen molar-refractivity contribution < 1.29 is 13.9 Å². The summed E-state index contributed by atoms with van der Waals surface area (Å²) >= 11 is 0. The molecule has 3 rings (SSSR count). The molecule has 1 aromatic heterocycles. The van der Waals surface area contributed by atoms with E-state index in [-0.39, 0.29) is 11.7 Å². The van der Waals surface area contributed by atoms with Crippen LogP contribution in [0.15, 0.2) is 36.5 Å². The first-order chi connectivity index (χ1) is 9.76. The molecule has 0 aliphatic carbocycles. The van der Waals surface area contributed by atoms with E-state index >= 15 is 0 Å². The highest BCUT2D eigenvalue weighted by Crippen LogP contribution is 2.32. The maximum absolute atomic E-state index is 13.6. The van der Waals surface area contributed by atoms with E-state index in [0.717, 1.165) is 23.5 Å². The predicted molar refractivity (Wildman–Crippen MR) is 73.6 cm³/mol. The highest BCUT2D eigenvalue weighted by atomic mass is 19.1. The second-order valence-corrected chi connectivity index (χ2v) is 4.99. The third kappa shape index (κ3) is 2.59. The third-order valence-corrected chi connectivity index (χ3v) is 3.57. The van der Waals surface area contributed by atoms with Crippen molar-refractivity contribution in [3.8, 4) is 11.5 Å². The third-order valence-electron chi connectivity index (χ3n) is 3.57. The van der Waals surface area contributed by atoms with E-state index < -0.39 is 0 Å². The summed E-state index contributed by atoms with van der Waals surface area (Å²) in [5.41, 5.74) is 1.65.